The second kappa shape index (κ2) is 13.9. The number of hydrogen-bond acceptors (Lipinski definition) is 8. The van der Waals surface area contributed by atoms with Crippen molar-refractivity contribution in [2.24, 2.45) is 15.0 Å². The topological polar surface area (TPSA) is 126 Å². The van der Waals surface area contributed by atoms with Crippen LogP contribution in [0.25, 0.3) is 24.3 Å². The standard InChI is InChI=1S/C41H44N4O5/c1-9-23-21(7)31-17-35-25(11-3)26(12-4)36(44-35)18-32-22(8)24(10-2)34(43-32)20-38-28-16-30(41(48)50-14-6)39(46)29(40(47)49-13-5)15-27(28)37(45-38)19-33(23)42-31/h15-20,45-46H,9-14H2,1-8H3. The maximum atomic E-state index is 13.3. The minimum Gasteiger partial charge on any atom is -0.506 e. The van der Waals surface area contributed by atoms with Crippen molar-refractivity contribution in [2.75, 3.05) is 13.2 Å². The molecule has 8 bridgehead atoms. The zero-order valence-corrected chi connectivity index (χ0v) is 30.1. The van der Waals surface area contributed by atoms with Crippen LogP contribution in [0, 0.1) is 0 Å². The number of carbonyl (C=O) groups is 2. The fourth-order valence-corrected chi connectivity index (χ4v) is 7.21. The summed E-state index contributed by atoms with van der Waals surface area (Å²) < 4.78 is 10.7. The molecule has 0 atom stereocenters. The lowest BCUT2D eigenvalue weighted by molar-refractivity contribution is -0.138. The van der Waals surface area contributed by atoms with Crippen molar-refractivity contribution in [2.45, 2.75) is 81.1 Å². The number of ether oxygens (including phenoxy) is 2. The molecule has 0 saturated heterocycles. The summed E-state index contributed by atoms with van der Waals surface area (Å²) in [5, 5.41) is 12.7. The Kier molecular flexibility index (Phi) is 9.60. The van der Waals surface area contributed by atoms with Gasteiger partial charge in [0.15, 0.2) is 0 Å². The number of hydrogen-bond donors (Lipinski definition) is 2. The number of aliphatic hydroxyl groups excluding tert-OH is 1. The molecule has 0 fully saturated rings. The number of esters is 2. The quantitative estimate of drug-likeness (QED) is 0.289. The van der Waals surface area contributed by atoms with Crippen molar-refractivity contribution in [3.05, 3.63) is 101 Å². The smallest absolute Gasteiger partial charge is 0.341 e. The lowest BCUT2D eigenvalue weighted by atomic mass is 9.97. The highest BCUT2D eigenvalue weighted by molar-refractivity contribution is 6.24. The van der Waals surface area contributed by atoms with Gasteiger partial charge in [0.25, 0.3) is 0 Å². The van der Waals surface area contributed by atoms with Gasteiger partial charge in [-0.3, -0.25) is 0 Å². The highest BCUT2D eigenvalue weighted by Gasteiger charge is 2.29. The number of rotatable bonds is 8. The molecule has 9 nitrogen and oxygen atoms in total. The zero-order valence-electron chi connectivity index (χ0n) is 30.1. The van der Waals surface area contributed by atoms with E-state index >= 15 is 0 Å². The number of nitrogens with one attached hydrogen (secondary N) is 1. The summed E-state index contributed by atoms with van der Waals surface area (Å²) in [6, 6.07) is 0. The average molecular weight is 673 g/mol. The molecule has 0 unspecified atom stereocenters. The Bertz CT molecular complexity index is 2220. The fraction of sp³-hybridized carbons (Fsp3) is 0.341. The van der Waals surface area contributed by atoms with Crippen molar-refractivity contribution < 1.29 is 24.2 Å². The van der Waals surface area contributed by atoms with E-state index in [9.17, 15) is 14.7 Å². The second-order valence-corrected chi connectivity index (χ2v) is 12.5. The Morgan fingerprint density at radius 1 is 0.640 bits per heavy atom. The first kappa shape index (κ1) is 34.5. The number of aromatic nitrogens is 1. The van der Waals surface area contributed by atoms with E-state index in [0.717, 1.165) is 82.2 Å². The van der Waals surface area contributed by atoms with Crippen LogP contribution in [0.15, 0.2) is 94.6 Å². The van der Waals surface area contributed by atoms with Gasteiger partial charge in [0, 0.05) is 21.8 Å². The van der Waals surface area contributed by atoms with Crippen LogP contribution in [-0.2, 0) is 19.1 Å². The number of carbonyl (C=O) groups excluding carboxylic acids is 2. The molecular weight excluding hydrogens is 628 g/mol. The Hall–Kier alpha value is -5.31. The Morgan fingerprint density at radius 3 is 1.88 bits per heavy atom. The molecule has 1 aliphatic carbocycles. The monoisotopic (exact) mass is 672 g/mol. The van der Waals surface area contributed by atoms with E-state index in [1.165, 1.54) is 11.1 Å². The van der Waals surface area contributed by atoms with E-state index in [0.29, 0.717) is 21.8 Å². The van der Waals surface area contributed by atoms with E-state index < -0.39 is 17.7 Å². The first-order valence-corrected chi connectivity index (χ1v) is 17.6. The summed E-state index contributed by atoms with van der Waals surface area (Å²) in [5.41, 5.74) is 12.8. The van der Waals surface area contributed by atoms with Crippen LogP contribution in [0.2, 0.25) is 0 Å². The molecule has 6 rings (SSSR count). The average Bonchev–Trinajstić information content (AvgIpc) is 3.75. The van der Waals surface area contributed by atoms with Gasteiger partial charge >= 0.3 is 11.9 Å². The zero-order chi connectivity index (χ0) is 35.9. The molecule has 5 aliphatic rings. The van der Waals surface area contributed by atoms with Gasteiger partial charge < -0.3 is 19.6 Å². The molecule has 2 N–H and O–H groups in total. The largest absolute Gasteiger partial charge is 0.506 e. The summed E-state index contributed by atoms with van der Waals surface area (Å²) in [6.45, 7) is 16.3. The molecule has 0 saturated carbocycles. The fourth-order valence-electron chi connectivity index (χ4n) is 7.21. The van der Waals surface area contributed by atoms with Gasteiger partial charge in [-0.15, -0.1) is 0 Å². The van der Waals surface area contributed by atoms with E-state index in [-0.39, 0.29) is 24.4 Å². The van der Waals surface area contributed by atoms with Crippen LogP contribution in [-0.4, -0.2) is 52.4 Å². The predicted molar refractivity (Wildman–Crippen MR) is 200 cm³/mol. The highest BCUT2D eigenvalue weighted by Crippen LogP contribution is 2.37. The molecule has 9 heteroatoms. The molecule has 0 spiro atoms. The van der Waals surface area contributed by atoms with Crippen LogP contribution in [0.1, 0.15) is 92.3 Å². The third kappa shape index (κ3) is 5.84. The van der Waals surface area contributed by atoms with E-state index in [4.69, 9.17) is 24.5 Å². The normalized spacial score (nSPS) is 18.4. The Balaban J connectivity index is 1.74. The molecule has 0 aromatic carbocycles. The molecule has 258 valence electrons. The number of allylic oxidation sites excluding steroid dienone is 8. The molecule has 1 aromatic heterocycles. The number of H-pyrrole nitrogens is 1. The molecule has 50 heavy (non-hydrogen) atoms. The predicted octanol–water partition coefficient (Wildman–Crippen LogP) is 6.97. The molecule has 0 radical (unpaired) electrons. The molecule has 0 amide bonds. The van der Waals surface area contributed by atoms with Crippen LogP contribution in [0.4, 0.5) is 0 Å². The van der Waals surface area contributed by atoms with Crippen molar-refractivity contribution in [3.8, 4) is 0 Å². The van der Waals surface area contributed by atoms with Crippen LogP contribution >= 0.6 is 0 Å². The van der Waals surface area contributed by atoms with Crippen LogP contribution in [0.5, 0.6) is 0 Å². The summed E-state index contributed by atoms with van der Waals surface area (Å²) in [4.78, 5) is 45.6. The number of aromatic amines is 1. The lowest BCUT2D eigenvalue weighted by Gasteiger charge is -2.09. The van der Waals surface area contributed by atoms with Crippen molar-refractivity contribution in [1.82, 2.24) is 4.98 Å². The molecule has 5 heterocycles. The van der Waals surface area contributed by atoms with Crippen LogP contribution < -0.4 is 10.6 Å². The highest BCUT2D eigenvalue weighted by atomic mass is 16.5. The number of aliphatic imine (C=N–C) groups is 3. The van der Waals surface area contributed by atoms with E-state index in [1.54, 1.807) is 26.0 Å². The van der Waals surface area contributed by atoms with Gasteiger partial charge in [-0.25, -0.2) is 24.6 Å². The number of nitrogens with zero attached hydrogens (tertiary/aromatic N) is 3. The lowest BCUT2D eigenvalue weighted by Crippen LogP contribution is -2.26. The van der Waals surface area contributed by atoms with Gasteiger partial charge in [-0.2, -0.15) is 0 Å². The number of aliphatic hydroxyl groups is 1. The number of fused-ring (bicyclic) bond motifs is 8. The molecule has 1 aromatic rings. The summed E-state index contributed by atoms with van der Waals surface area (Å²) in [7, 11) is 0. The van der Waals surface area contributed by atoms with Gasteiger partial charge in [0.1, 0.15) is 16.9 Å². The van der Waals surface area contributed by atoms with Crippen LogP contribution in [0.3, 0.4) is 0 Å². The van der Waals surface area contributed by atoms with Gasteiger partial charge in [-0.05, 0) is 123 Å². The Labute approximate surface area is 292 Å². The summed E-state index contributed by atoms with van der Waals surface area (Å²) in [6.07, 6.45) is 14.5. The van der Waals surface area contributed by atoms with Crippen molar-refractivity contribution >= 4 is 53.4 Å². The Morgan fingerprint density at radius 2 is 1.22 bits per heavy atom. The third-order valence-corrected chi connectivity index (χ3v) is 9.74. The minimum absolute atomic E-state index is 0.0933. The summed E-state index contributed by atoms with van der Waals surface area (Å²) >= 11 is 0. The van der Waals surface area contributed by atoms with Gasteiger partial charge in [-0.1, -0.05) is 27.7 Å². The van der Waals surface area contributed by atoms with E-state index in [2.05, 4.69) is 58.7 Å². The van der Waals surface area contributed by atoms with Gasteiger partial charge in [0.05, 0.1) is 47.4 Å². The van der Waals surface area contributed by atoms with Crippen molar-refractivity contribution in [3.63, 3.8) is 0 Å². The summed E-state index contributed by atoms with van der Waals surface area (Å²) in [5.74, 6) is -2.00. The van der Waals surface area contributed by atoms with Gasteiger partial charge in [0.2, 0.25) is 0 Å². The molecular formula is C41H44N4O5. The second-order valence-electron chi connectivity index (χ2n) is 12.5. The van der Waals surface area contributed by atoms with E-state index in [1.807, 2.05) is 12.2 Å². The maximum Gasteiger partial charge on any atom is 0.341 e. The molecule has 4 aliphatic heterocycles. The first-order chi connectivity index (χ1) is 24.1. The third-order valence-electron chi connectivity index (χ3n) is 9.74. The minimum atomic E-state index is -0.751. The first-order valence-electron chi connectivity index (χ1n) is 17.6. The SMILES string of the molecule is CCOC(=O)C1=Cc2c3[nH]c(c2=CC(C(=O)OCC)=C1O)=CC1=NC(=CC2=NC(=CC4=NC(=C3)C(CC)=C4C)C(CC)=C2CC)C(C)=C1CC. The maximum absolute atomic E-state index is 13.3. The van der Waals surface area contributed by atoms with Crippen molar-refractivity contribution in [1.29, 1.82) is 0 Å².